The van der Waals surface area contributed by atoms with E-state index in [1.54, 1.807) is 6.33 Å². The molecule has 0 radical (unpaired) electrons. The van der Waals surface area contributed by atoms with Crippen molar-refractivity contribution in [2.24, 2.45) is 0 Å². The topological polar surface area (TPSA) is 52.0 Å². The average molecular weight is 318 g/mol. The summed E-state index contributed by atoms with van der Waals surface area (Å²) in [4.78, 5) is 4.33. The smallest absolute Gasteiger partial charge is 0.226 e. The van der Waals surface area contributed by atoms with Crippen LogP contribution in [0.25, 0.3) is 5.70 Å². The van der Waals surface area contributed by atoms with E-state index in [0.717, 1.165) is 23.0 Å². The Morgan fingerprint density at radius 1 is 1.08 bits per heavy atom. The van der Waals surface area contributed by atoms with E-state index in [-0.39, 0.29) is 6.04 Å². The molecule has 24 heavy (non-hydrogen) atoms. The van der Waals surface area contributed by atoms with Gasteiger partial charge in [0.25, 0.3) is 0 Å². The number of hydrogen-bond acceptors (Lipinski definition) is 4. The molecule has 2 aromatic carbocycles. The third kappa shape index (κ3) is 2.65. The summed E-state index contributed by atoms with van der Waals surface area (Å²) >= 11 is 0. The van der Waals surface area contributed by atoms with Crippen molar-refractivity contribution >= 4 is 11.6 Å². The maximum absolute atomic E-state index is 5.52. The summed E-state index contributed by atoms with van der Waals surface area (Å²) in [5, 5.41) is 7.71. The van der Waals surface area contributed by atoms with E-state index in [0.29, 0.717) is 6.61 Å². The molecule has 1 atom stereocenters. The number of benzene rings is 2. The molecule has 4 rings (SSSR count). The molecular weight excluding hydrogens is 300 g/mol. The Balaban J connectivity index is 1.72. The van der Waals surface area contributed by atoms with Gasteiger partial charge in [-0.15, -0.1) is 0 Å². The average Bonchev–Trinajstić information content (AvgIpc) is 3.11. The van der Waals surface area contributed by atoms with Gasteiger partial charge in [-0.05, 0) is 48.4 Å². The lowest BCUT2D eigenvalue weighted by Gasteiger charge is -2.24. The highest BCUT2D eigenvalue weighted by Crippen LogP contribution is 2.32. The van der Waals surface area contributed by atoms with Crippen molar-refractivity contribution in [3.63, 3.8) is 0 Å². The van der Waals surface area contributed by atoms with E-state index in [1.807, 2.05) is 41.9 Å². The van der Waals surface area contributed by atoms with Gasteiger partial charge in [0.2, 0.25) is 5.95 Å². The van der Waals surface area contributed by atoms with E-state index in [2.05, 4.69) is 45.7 Å². The van der Waals surface area contributed by atoms with Crippen molar-refractivity contribution < 1.29 is 4.74 Å². The lowest BCUT2D eigenvalue weighted by Crippen LogP contribution is -2.20. The molecule has 3 aromatic rings. The molecule has 0 spiro atoms. The number of aromatic nitrogens is 3. The van der Waals surface area contributed by atoms with Crippen LogP contribution in [0.1, 0.15) is 24.1 Å². The van der Waals surface area contributed by atoms with Gasteiger partial charge in [-0.25, -0.2) is 4.68 Å². The quantitative estimate of drug-likeness (QED) is 0.796. The Morgan fingerprint density at radius 2 is 1.88 bits per heavy atom. The van der Waals surface area contributed by atoms with E-state index in [4.69, 9.17) is 4.74 Å². The lowest BCUT2D eigenvalue weighted by molar-refractivity contribution is 0.340. The number of nitrogens with zero attached hydrogens (tertiary/aromatic N) is 3. The van der Waals surface area contributed by atoms with Crippen LogP contribution in [0.2, 0.25) is 0 Å². The van der Waals surface area contributed by atoms with E-state index in [1.165, 1.54) is 5.56 Å². The number of nitrogens with one attached hydrogen (secondary N) is 1. The number of anilines is 1. The fourth-order valence-electron chi connectivity index (χ4n) is 2.89. The van der Waals surface area contributed by atoms with Crippen LogP contribution in [0.5, 0.6) is 5.75 Å². The molecule has 0 amide bonds. The highest BCUT2D eigenvalue weighted by atomic mass is 16.5. The Kier molecular flexibility index (Phi) is 3.75. The Labute approximate surface area is 140 Å². The second-order valence-electron chi connectivity index (χ2n) is 5.55. The second kappa shape index (κ2) is 6.20. The van der Waals surface area contributed by atoms with E-state index < -0.39 is 0 Å². The third-order valence-electron chi connectivity index (χ3n) is 4.02. The molecule has 2 heterocycles. The van der Waals surface area contributed by atoms with Crippen molar-refractivity contribution in [2.45, 2.75) is 13.0 Å². The Morgan fingerprint density at radius 3 is 2.62 bits per heavy atom. The molecule has 0 saturated carbocycles. The van der Waals surface area contributed by atoms with Gasteiger partial charge in [0, 0.05) is 5.70 Å². The molecule has 1 unspecified atom stereocenters. The molecule has 120 valence electrons. The van der Waals surface area contributed by atoms with Crippen molar-refractivity contribution in [3.8, 4) is 5.75 Å². The second-order valence-corrected chi connectivity index (χ2v) is 5.55. The van der Waals surface area contributed by atoms with Gasteiger partial charge in [0.1, 0.15) is 18.1 Å². The molecule has 5 heteroatoms. The van der Waals surface area contributed by atoms with Crippen molar-refractivity contribution in [2.75, 3.05) is 11.9 Å². The van der Waals surface area contributed by atoms with Gasteiger partial charge in [-0.2, -0.15) is 10.1 Å². The fourth-order valence-corrected chi connectivity index (χ4v) is 2.89. The van der Waals surface area contributed by atoms with Crippen LogP contribution < -0.4 is 10.1 Å². The highest BCUT2D eigenvalue weighted by molar-refractivity contribution is 5.77. The molecule has 1 N–H and O–H groups in total. The predicted molar refractivity (Wildman–Crippen MR) is 93.8 cm³/mol. The van der Waals surface area contributed by atoms with Gasteiger partial charge < -0.3 is 10.1 Å². The maximum atomic E-state index is 5.52. The fraction of sp³-hybridized carbons (Fsp3) is 0.158. The molecule has 0 bridgehead atoms. The monoisotopic (exact) mass is 318 g/mol. The van der Waals surface area contributed by atoms with Crippen LogP contribution in [-0.4, -0.2) is 21.4 Å². The van der Waals surface area contributed by atoms with Crippen LogP contribution in [0.4, 0.5) is 5.95 Å². The highest BCUT2D eigenvalue weighted by Gasteiger charge is 2.23. The Hall–Kier alpha value is -3.08. The number of ether oxygens (including phenoxy) is 1. The van der Waals surface area contributed by atoms with Crippen LogP contribution in [0.15, 0.2) is 67.0 Å². The molecule has 0 saturated heterocycles. The molecule has 0 fully saturated rings. The Bertz CT molecular complexity index is 853. The van der Waals surface area contributed by atoms with Crippen LogP contribution >= 0.6 is 0 Å². The first-order valence-corrected chi connectivity index (χ1v) is 8.01. The molecule has 1 aliphatic rings. The molecule has 5 nitrogen and oxygen atoms in total. The van der Waals surface area contributed by atoms with Crippen molar-refractivity contribution in [1.29, 1.82) is 0 Å². The third-order valence-corrected chi connectivity index (χ3v) is 4.02. The minimum absolute atomic E-state index is 0.0199. The van der Waals surface area contributed by atoms with Crippen molar-refractivity contribution in [3.05, 3.63) is 78.1 Å². The molecule has 1 aromatic heterocycles. The van der Waals surface area contributed by atoms with Gasteiger partial charge in [-0.1, -0.05) is 30.3 Å². The first-order valence-electron chi connectivity index (χ1n) is 8.01. The minimum atomic E-state index is 0.0199. The standard InChI is InChI=1S/C19H18N4O/c1-2-24-16-10-8-14(9-11-16)17-12-18(15-6-4-3-5-7-15)23-19(22-17)20-13-21-23/h3-13,18H,2H2,1H3,(H,20,21,22). The predicted octanol–water partition coefficient (Wildman–Crippen LogP) is 3.73. The summed E-state index contributed by atoms with van der Waals surface area (Å²) in [5.74, 6) is 1.62. The summed E-state index contributed by atoms with van der Waals surface area (Å²) < 4.78 is 7.41. The SMILES string of the molecule is CCOc1ccc(C2=CC(c3ccccc3)n3ncnc3N2)cc1. The van der Waals surface area contributed by atoms with Crippen molar-refractivity contribution in [1.82, 2.24) is 14.8 Å². The minimum Gasteiger partial charge on any atom is -0.494 e. The largest absolute Gasteiger partial charge is 0.494 e. The van der Waals surface area contributed by atoms with E-state index >= 15 is 0 Å². The zero-order chi connectivity index (χ0) is 16.4. The summed E-state index contributed by atoms with van der Waals surface area (Å²) in [6.45, 7) is 2.65. The van der Waals surface area contributed by atoms with Gasteiger partial charge >= 0.3 is 0 Å². The van der Waals surface area contributed by atoms with Crippen LogP contribution in [0, 0.1) is 0 Å². The van der Waals surface area contributed by atoms with E-state index in [9.17, 15) is 0 Å². The normalized spacial score (nSPS) is 16.0. The first-order chi connectivity index (χ1) is 11.8. The summed E-state index contributed by atoms with van der Waals surface area (Å²) in [6, 6.07) is 18.4. The molecular formula is C19H18N4O. The number of rotatable bonds is 4. The number of allylic oxidation sites excluding steroid dienone is 1. The van der Waals surface area contributed by atoms with Crippen LogP contribution in [-0.2, 0) is 0 Å². The number of hydrogen-bond donors (Lipinski definition) is 1. The van der Waals surface area contributed by atoms with Crippen LogP contribution in [0.3, 0.4) is 0 Å². The zero-order valence-electron chi connectivity index (χ0n) is 13.4. The zero-order valence-corrected chi connectivity index (χ0v) is 13.4. The van der Waals surface area contributed by atoms with Gasteiger partial charge in [0.15, 0.2) is 0 Å². The van der Waals surface area contributed by atoms with Gasteiger partial charge in [0.05, 0.1) is 6.61 Å². The molecule has 0 aliphatic carbocycles. The summed E-state index contributed by atoms with van der Waals surface area (Å²) in [6.07, 6.45) is 3.75. The molecule has 1 aliphatic heterocycles. The lowest BCUT2D eigenvalue weighted by atomic mass is 10.0. The first kappa shape index (κ1) is 14.5. The maximum Gasteiger partial charge on any atom is 0.226 e. The number of fused-ring (bicyclic) bond motifs is 1. The van der Waals surface area contributed by atoms with Gasteiger partial charge in [-0.3, -0.25) is 0 Å². The summed E-state index contributed by atoms with van der Waals surface area (Å²) in [7, 11) is 0. The summed E-state index contributed by atoms with van der Waals surface area (Å²) in [5.41, 5.74) is 3.29.